The van der Waals surface area contributed by atoms with Crippen LogP contribution in [0, 0.1) is 0 Å². The standard InChI is InChI=1S/C15H24N2/c1-2-3-8-15(16)12-17-10-9-13-6-4-5-7-14(13)11-17/h4-7,15H,2-3,8-12,16H2,1H3. The number of nitrogens with zero attached hydrogens (tertiary/aromatic N) is 1. The van der Waals surface area contributed by atoms with E-state index in [0.717, 1.165) is 26.1 Å². The number of nitrogens with two attached hydrogens (primary N) is 1. The van der Waals surface area contributed by atoms with Crippen LogP contribution in [-0.2, 0) is 13.0 Å². The van der Waals surface area contributed by atoms with Crippen molar-refractivity contribution in [3.05, 3.63) is 35.4 Å². The highest BCUT2D eigenvalue weighted by atomic mass is 15.1. The van der Waals surface area contributed by atoms with Gasteiger partial charge in [0.15, 0.2) is 0 Å². The van der Waals surface area contributed by atoms with Crippen LogP contribution in [0.4, 0.5) is 0 Å². The normalized spacial score (nSPS) is 17.8. The molecular formula is C15H24N2. The summed E-state index contributed by atoms with van der Waals surface area (Å²) in [5, 5.41) is 0. The molecular weight excluding hydrogens is 208 g/mol. The maximum absolute atomic E-state index is 6.17. The van der Waals surface area contributed by atoms with Crippen molar-refractivity contribution in [1.82, 2.24) is 4.90 Å². The number of rotatable bonds is 5. The Labute approximate surface area is 105 Å². The fraction of sp³-hybridized carbons (Fsp3) is 0.600. The monoisotopic (exact) mass is 232 g/mol. The Bertz CT molecular complexity index is 349. The van der Waals surface area contributed by atoms with Gasteiger partial charge in [0, 0.05) is 25.7 Å². The molecule has 1 heterocycles. The third kappa shape index (κ3) is 3.55. The van der Waals surface area contributed by atoms with E-state index >= 15 is 0 Å². The van der Waals surface area contributed by atoms with Crippen LogP contribution in [0.25, 0.3) is 0 Å². The van der Waals surface area contributed by atoms with Gasteiger partial charge in [-0.3, -0.25) is 4.90 Å². The van der Waals surface area contributed by atoms with Crippen LogP contribution in [0.5, 0.6) is 0 Å². The second-order valence-corrected chi connectivity index (χ2v) is 5.16. The van der Waals surface area contributed by atoms with Crippen LogP contribution >= 0.6 is 0 Å². The lowest BCUT2D eigenvalue weighted by Crippen LogP contribution is -2.40. The molecule has 2 rings (SSSR count). The van der Waals surface area contributed by atoms with E-state index in [0.29, 0.717) is 6.04 Å². The first-order chi connectivity index (χ1) is 8.29. The molecule has 0 bridgehead atoms. The van der Waals surface area contributed by atoms with E-state index in [1.165, 1.54) is 30.4 Å². The Morgan fingerprint density at radius 2 is 2.06 bits per heavy atom. The van der Waals surface area contributed by atoms with E-state index in [1.54, 1.807) is 0 Å². The zero-order chi connectivity index (χ0) is 12.1. The summed E-state index contributed by atoms with van der Waals surface area (Å²) in [5.41, 5.74) is 9.18. The highest BCUT2D eigenvalue weighted by molar-refractivity contribution is 5.29. The number of benzene rings is 1. The molecule has 1 atom stereocenters. The summed E-state index contributed by atoms with van der Waals surface area (Å²) in [5.74, 6) is 0. The summed E-state index contributed by atoms with van der Waals surface area (Å²) in [4.78, 5) is 2.50. The van der Waals surface area contributed by atoms with Crippen molar-refractivity contribution in [2.24, 2.45) is 5.73 Å². The van der Waals surface area contributed by atoms with Crippen molar-refractivity contribution in [2.75, 3.05) is 13.1 Å². The van der Waals surface area contributed by atoms with Gasteiger partial charge < -0.3 is 5.73 Å². The Balaban J connectivity index is 1.85. The third-order valence-electron chi connectivity index (χ3n) is 3.63. The maximum Gasteiger partial charge on any atom is 0.0237 e. The Hall–Kier alpha value is -0.860. The molecule has 2 nitrogen and oxygen atoms in total. The van der Waals surface area contributed by atoms with Gasteiger partial charge in [-0.15, -0.1) is 0 Å². The third-order valence-corrected chi connectivity index (χ3v) is 3.63. The van der Waals surface area contributed by atoms with Gasteiger partial charge in [-0.25, -0.2) is 0 Å². The highest BCUT2D eigenvalue weighted by Crippen LogP contribution is 2.18. The molecule has 0 aromatic heterocycles. The Morgan fingerprint density at radius 1 is 1.29 bits per heavy atom. The van der Waals surface area contributed by atoms with Gasteiger partial charge in [-0.05, 0) is 24.0 Å². The van der Waals surface area contributed by atoms with Crippen molar-refractivity contribution in [2.45, 2.75) is 45.2 Å². The predicted octanol–water partition coefficient (Wildman–Crippen LogP) is 2.56. The van der Waals surface area contributed by atoms with Crippen molar-refractivity contribution >= 4 is 0 Å². The molecule has 2 heteroatoms. The molecule has 0 saturated carbocycles. The first-order valence-corrected chi connectivity index (χ1v) is 6.84. The van der Waals surface area contributed by atoms with E-state index in [-0.39, 0.29) is 0 Å². The lowest BCUT2D eigenvalue weighted by molar-refractivity contribution is 0.233. The maximum atomic E-state index is 6.17. The first kappa shape index (κ1) is 12.6. The van der Waals surface area contributed by atoms with Crippen molar-refractivity contribution < 1.29 is 0 Å². The summed E-state index contributed by atoms with van der Waals surface area (Å²) >= 11 is 0. The largest absolute Gasteiger partial charge is 0.327 e. The van der Waals surface area contributed by atoms with E-state index in [9.17, 15) is 0 Å². The highest BCUT2D eigenvalue weighted by Gasteiger charge is 2.17. The zero-order valence-corrected chi connectivity index (χ0v) is 10.9. The van der Waals surface area contributed by atoms with Gasteiger partial charge in [0.2, 0.25) is 0 Å². The Morgan fingerprint density at radius 3 is 2.82 bits per heavy atom. The smallest absolute Gasteiger partial charge is 0.0237 e. The van der Waals surface area contributed by atoms with Crippen molar-refractivity contribution in [3.8, 4) is 0 Å². The second kappa shape index (κ2) is 6.18. The van der Waals surface area contributed by atoms with E-state index < -0.39 is 0 Å². The quantitative estimate of drug-likeness (QED) is 0.845. The van der Waals surface area contributed by atoms with Crippen LogP contribution in [-0.4, -0.2) is 24.0 Å². The lowest BCUT2D eigenvalue weighted by Gasteiger charge is -2.30. The molecule has 1 aromatic carbocycles. The molecule has 0 fully saturated rings. The van der Waals surface area contributed by atoms with Crippen LogP contribution < -0.4 is 5.73 Å². The number of hydrogen-bond donors (Lipinski definition) is 1. The summed E-state index contributed by atoms with van der Waals surface area (Å²) in [7, 11) is 0. The van der Waals surface area contributed by atoms with Crippen LogP contribution in [0.2, 0.25) is 0 Å². The minimum Gasteiger partial charge on any atom is -0.327 e. The molecule has 0 spiro atoms. The number of hydrogen-bond acceptors (Lipinski definition) is 2. The average Bonchev–Trinajstić information content (AvgIpc) is 2.36. The van der Waals surface area contributed by atoms with Gasteiger partial charge in [-0.1, -0.05) is 44.0 Å². The molecule has 0 amide bonds. The molecule has 1 aliphatic rings. The van der Waals surface area contributed by atoms with Crippen molar-refractivity contribution in [3.63, 3.8) is 0 Å². The second-order valence-electron chi connectivity index (χ2n) is 5.16. The van der Waals surface area contributed by atoms with E-state index in [2.05, 4.69) is 36.1 Å². The van der Waals surface area contributed by atoms with Crippen LogP contribution in [0.3, 0.4) is 0 Å². The number of unbranched alkanes of at least 4 members (excludes halogenated alkanes) is 1. The Kier molecular flexibility index (Phi) is 4.57. The average molecular weight is 232 g/mol. The zero-order valence-electron chi connectivity index (χ0n) is 10.9. The van der Waals surface area contributed by atoms with Crippen molar-refractivity contribution in [1.29, 1.82) is 0 Å². The molecule has 1 aliphatic heterocycles. The SMILES string of the molecule is CCCCC(N)CN1CCc2ccccc2C1. The van der Waals surface area contributed by atoms with Gasteiger partial charge in [0.05, 0.1) is 0 Å². The van der Waals surface area contributed by atoms with Gasteiger partial charge in [-0.2, -0.15) is 0 Å². The van der Waals surface area contributed by atoms with Crippen LogP contribution in [0.15, 0.2) is 24.3 Å². The minimum absolute atomic E-state index is 0.347. The molecule has 1 aromatic rings. The fourth-order valence-corrected chi connectivity index (χ4v) is 2.60. The van der Waals surface area contributed by atoms with Gasteiger partial charge in [0.25, 0.3) is 0 Å². The topological polar surface area (TPSA) is 29.3 Å². The van der Waals surface area contributed by atoms with E-state index in [4.69, 9.17) is 5.73 Å². The first-order valence-electron chi connectivity index (χ1n) is 6.84. The van der Waals surface area contributed by atoms with Crippen LogP contribution in [0.1, 0.15) is 37.3 Å². The molecule has 17 heavy (non-hydrogen) atoms. The molecule has 2 N–H and O–H groups in total. The predicted molar refractivity (Wildman–Crippen MR) is 72.9 cm³/mol. The summed E-state index contributed by atoms with van der Waals surface area (Å²) in [6.45, 7) is 5.52. The summed E-state index contributed by atoms with van der Waals surface area (Å²) in [6.07, 6.45) is 4.84. The van der Waals surface area contributed by atoms with E-state index in [1.807, 2.05) is 0 Å². The summed E-state index contributed by atoms with van der Waals surface area (Å²) in [6, 6.07) is 9.13. The number of fused-ring (bicyclic) bond motifs is 1. The van der Waals surface area contributed by atoms with Gasteiger partial charge in [0.1, 0.15) is 0 Å². The molecule has 1 unspecified atom stereocenters. The lowest BCUT2D eigenvalue weighted by atomic mass is 9.99. The molecule has 94 valence electrons. The van der Waals surface area contributed by atoms with Gasteiger partial charge >= 0.3 is 0 Å². The molecule has 0 radical (unpaired) electrons. The fourth-order valence-electron chi connectivity index (χ4n) is 2.60. The summed E-state index contributed by atoms with van der Waals surface area (Å²) < 4.78 is 0. The molecule has 0 aliphatic carbocycles. The molecule has 0 saturated heterocycles. The minimum atomic E-state index is 0.347.